The van der Waals surface area contributed by atoms with Gasteiger partial charge in [-0.15, -0.1) is 0 Å². The summed E-state index contributed by atoms with van der Waals surface area (Å²) in [6, 6.07) is 0. The molecule has 0 atom stereocenters. The van der Waals surface area contributed by atoms with Crippen molar-refractivity contribution in [2.75, 3.05) is 0 Å². The summed E-state index contributed by atoms with van der Waals surface area (Å²) in [7, 11) is 0. The van der Waals surface area contributed by atoms with Crippen LogP contribution in [0, 0.1) is 0 Å². The number of nitrogens with two attached hydrogens (primary N) is 1. The minimum Gasteiger partial charge on any atom is -1.00 e. The predicted octanol–water partition coefficient (Wildman–Crippen LogP) is -3.90. The Morgan fingerprint density at radius 1 is 1.00 bits per heavy atom. The maximum absolute atomic E-state index is 8.67. The molecule has 0 bridgehead atoms. The van der Waals surface area contributed by atoms with E-state index >= 15 is 0 Å². The quantitative estimate of drug-likeness (QED) is 0.241. The molecular formula is CH17CoIN6O2+. The largest absolute Gasteiger partial charge is 3.00 e. The van der Waals surface area contributed by atoms with Gasteiger partial charge in [0.2, 0.25) is 0 Å². The first-order valence-electron chi connectivity index (χ1n) is 0.697. The first-order chi connectivity index (χ1) is 1.73. The predicted molar refractivity (Wildman–Crippen MR) is 34.7 cm³/mol. The van der Waals surface area contributed by atoms with E-state index in [2.05, 4.69) is 5.73 Å². The van der Waals surface area contributed by atoms with Crippen molar-refractivity contribution in [2.45, 2.75) is 0 Å². The third kappa shape index (κ3) is 7570. The smallest absolute Gasteiger partial charge is 1.00 e. The van der Waals surface area contributed by atoms with Gasteiger partial charge in [-0.2, -0.15) is 0 Å². The van der Waals surface area contributed by atoms with Gasteiger partial charge in [0.05, 0.1) is 0 Å². The van der Waals surface area contributed by atoms with Crippen LogP contribution in [-0.4, -0.2) is 6.09 Å². The molecule has 17 N–H and O–H groups in total. The zero-order chi connectivity index (χ0) is 3.58. The summed E-state index contributed by atoms with van der Waals surface area (Å²) in [5, 5.41) is 8.67. The standard InChI is InChI=1S/CH3NO2.Co.HI.5H3N/c2-1(3)4;;;;;;;/h2H2,(H,3,4);;1H;5*1H3/q;+3;;;;;;/p-2. The molecular weight excluding hydrogens is 314 g/mol. The van der Waals surface area contributed by atoms with Gasteiger partial charge < -0.3 is 70.4 Å². The molecule has 0 aliphatic rings. The Morgan fingerprint density at radius 2 is 1.00 bits per heavy atom. The van der Waals surface area contributed by atoms with Crippen molar-refractivity contribution in [1.82, 2.24) is 30.8 Å². The van der Waals surface area contributed by atoms with E-state index < -0.39 is 6.09 Å². The molecule has 8 nitrogen and oxygen atoms in total. The second kappa shape index (κ2) is 81.6. The summed E-state index contributed by atoms with van der Waals surface area (Å²) in [5.41, 5.74) is 3.92. The molecule has 0 aromatic carbocycles. The molecule has 0 rings (SSSR count). The van der Waals surface area contributed by atoms with Crippen LogP contribution in [0.15, 0.2) is 0 Å². The van der Waals surface area contributed by atoms with Gasteiger partial charge in [0, 0.05) is 0 Å². The van der Waals surface area contributed by atoms with Crippen LogP contribution in [-0.2, 0) is 16.8 Å². The number of carboxylic acid groups (broad SMARTS) is 1. The van der Waals surface area contributed by atoms with E-state index in [1.807, 2.05) is 0 Å². The van der Waals surface area contributed by atoms with Gasteiger partial charge in [0.15, 0.2) is 0 Å². The molecule has 0 aromatic heterocycles. The Kier molecular flexibility index (Phi) is 815. The van der Waals surface area contributed by atoms with Crippen molar-refractivity contribution < 1.29 is 50.7 Å². The second-order valence-electron chi connectivity index (χ2n) is 0.319. The van der Waals surface area contributed by atoms with Crippen molar-refractivity contribution in [3.8, 4) is 0 Å². The van der Waals surface area contributed by atoms with Crippen molar-refractivity contribution >= 4 is 6.09 Å². The van der Waals surface area contributed by atoms with Gasteiger partial charge in [-0.3, -0.25) is 0 Å². The molecule has 0 radical (unpaired) electrons. The zero-order valence-corrected chi connectivity index (χ0v) is 9.34. The van der Waals surface area contributed by atoms with Crippen molar-refractivity contribution in [1.29, 1.82) is 0 Å². The summed E-state index contributed by atoms with van der Waals surface area (Å²) in [6.45, 7) is 0. The molecule has 1 amide bonds. The monoisotopic (exact) mass is 331 g/mol. The van der Waals surface area contributed by atoms with E-state index in [0.717, 1.165) is 0 Å². The molecule has 0 unspecified atom stereocenters. The second-order valence-corrected chi connectivity index (χ2v) is 0.319. The number of amides is 1. The molecule has 0 aliphatic heterocycles. The van der Waals surface area contributed by atoms with E-state index in [0.29, 0.717) is 0 Å². The number of carbonyl (C=O) groups is 1. The number of hydrogen-bond donors (Lipinski definition) is 6. The summed E-state index contributed by atoms with van der Waals surface area (Å²) < 4.78 is 0. The molecule has 10 heteroatoms. The van der Waals surface area contributed by atoms with Crippen LogP contribution in [0.2, 0.25) is 0 Å². The Labute approximate surface area is 93.2 Å². The number of carbonyl (C=O) groups excluding carboxylic acids is 1. The Bertz CT molecular complexity index is 43.6. The van der Waals surface area contributed by atoms with Crippen molar-refractivity contribution in [3.05, 3.63) is 0 Å². The topological polar surface area (TPSA) is 241 Å². The Balaban J connectivity index is -0.00000000214. The molecule has 78 valence electrons. The zero-order valence-electron chi connectivity index (χ0n) is 6.14. The van der Waals surface area contributed by atoms with Gasteiger partial charge in [0.25, 0.3) is 0 Å². The van der Waals surface area contributed by atoms with Crippen LogP contribution in [0.3, 0.4) is 0 Å². The van der Waals surface area contributed by atoms with Crippen LogP contribution in [0.5, 0.6) is 0 Å². The molecule has 0 aromatic rings. The first kappa shape index (κ1) is 110. The van der Waals surface area contributed by atoms with Gasteiger partial charge in [-0.1, -0.05) is 0 Å². The van der Waals surface area contributed by atoms with Crippen LogP contribution in [0.4, 0.5) is 4.79 Å². The first-order valence-corrected chi connectivity index (χ1v) is 0.697. The minimum absolute atomic E-state index is 0. The van der Waals surface area contributed by atoms with E-state index in [-0.39, 0.29) is 71.5 Å². The maximum Gasteiger partial charge on any atom is 3.00 e. The Morgan fingerprint density at radius 3 is 1.00 bits per heavy atom. The summed E-state index contributed by atoms with van der Waals surface area (Å²) in [6.07, 6.45) is -1.58. The van der Waals surface area contributed by atoms with Crippen LogP contribution in [0.25, 0.3) is 0 Å². The number of rotatable bonds is 0. The summed E-state index contributed by atoms with van der Waals surface area (Å²) in [5.74, 6) is 0. The third-order valence-corrected chi connectivity index (χ3v) is 0. The summed E-state index contributed by atoms with van der Waals surface area (Å²) in [4.78, 5) is 8.67. The van der Waals surface area contributed by atoms with Crippen LogP contribution < -0.4 is 65.6 Å². The van der Waals surface area contributed by atoms with E-state index in [1.54, 1.807) is 0 Å². The normalized spacial score (nSPS) is 2.18. The van der Waals surface area contributed by atoms with Crippen LogP contribution in [0.1, 0.15) is 0 Å². The van der Waals surface area contributed by atoms with Gasteiger partial charge >= 0.3 is 16.8 Å². The summed E-state index contributed by atoms with van der Waals surface area (Å²) >= 11 is 0. The SMILES string of the molecule is N.N.N.N.N.NC(=O)[O-].[Co+3].[I-]. The number of primary amides is 1. The van der Waals surface area contributed by atoms with Gasteiger partial charge in [-0.05, 0) is 0 Å². The van der Waals surface area contributed by atoms with Gasteiger partial charge in [-0.25, -0.2) is 0 Å². The molecule has 11 heavy (non-hydrogen) atoms. The van der Waals surface area contributed by atoms with Crippen molar-refractivity contribution in [3.63, 3.8) is 0 Å². The molecule has 0 saturated carbocycles. The minimum atomic E-state index is -1.58. The average Bonchev–Trinajstić information content (AvgIpc) is 0.811. The molecule has 0 spiro atoms. The van der Waals surface area contributed by atoms with Crippen LogP contribution >= 0.6 is 0 Å². The van der Waals surface area contributed by atoms with E-state index in [1.165, 1.54) is 0 Å². The Hall–Kier alpha value is 0.306. The maximum atomic E-state index is 8.67. The average molecular weight is 331 g/mol. The molecule has 0 heterocycles. The van der Waals surface area contributed by atoms with Crippen molar-refractivity contribution in [2.24, 2.45) is 5.73 Å². The molecule has 0 fully saturated rings. The fourth-order valence-electron chi connectivity index (χ4n) is 0. The van der Waals surface area contributed by atoms with Gasteiger partial charge in [0.1, 0.15) is 6.09 Å². The fraction of sp³-hybridized carbons (Fsp3) is 0. The molecule has 0 saturated heterocycles. The van der Waals surface area contributed by atoms with E-state index in [9.17, 15) is 0 Å². The molecule has 0 aliphatic carbocycles. The third-order valence-electron chi connectivity index (χ3n) is 0. The fourth-order valence-corrected chi connectivity index (χ4v) is 0. The number of hydrogen-bond acceptors (Lipinski definition) is 7. The number of halogens is 1. The van der Waals surface area contributed by atoms with E-state index in [4.69, 9.17) is 9.90 Å².